The molecule has 1 atom stereocenters. The van der Waals surface area contributed by atoms with Gasteiger partial charge in [-0.1, -0.05) is 6.07 Å². The van der Waals surface area contributed by atoms with Gasteiger partial charge in [-0.3, -0.25) is 9.78 Å². The van der Waals surface area contributed by atoms with Crippen LogP contribution >= 0.6 is 0 Å². The molecule has 4 heterocycles. The van der Waals surface area contributed by atoms with Crippen molar-refractivity contribution in [1.29, 1.82) is 0 Å². The van der Waals surface area contributed by atoms with E-state index < -0.39 is 29.3 Å². The highest BCUT2D eigenvalue weighted by Gasteiger charge is 2.24. The first-order valence-corrected chi connectivity index (χ1v) is 15.6. The number of fused-ring (bicyclic) bond motifs is 1. The van der Waals surface area contributed by atoms with Crippen LogP contribution in [0.4, 0.5) is 13.2 Å². The van der Waals surface area contributed by atoms with Crippen molar-refractivity contribution in [2.24, 2.45) is 0 Å². The molecule has 1 aliphatic carbocycles. The standard InChI is InChI=1S/C35H30F3N5O5/c36-25-14-24(28-5-2-6-33(42-28)48-18-21-16-39-30(15-26(21)37)34(44)40-22-3-1-4-22)27(38)11-20(25)13-32-41-29-8-7-19(35(45)46)12-31(29)43(32)17-23-9-10-47-23/h2,5-8,11-12,14-16,22-23H,1,3-4,9-10,13,17-18H2,(H,40,44)(H,45,46)/t23-/m0/s1. The van der Waals surface area contributed by atoms with E-state index in [4.69, 9.17) is 9.47 Å². The van der Waals surface area contributed by atoms with Crippen molar-refractivity contribution in [1.82, 2.24) is 24.8 Å². The number of nitrogens with one attached hydrogen (secondary N) is 1. The maximum absolute atomic E-state index is 15.6. The minimum absolute atomic E-state index is 0.0267. The second-order valence-corrected chi connectivity index (χ2v) is 11.9. The maximum Gasteiger partial charge on any atom is 0.335 e. The number of carboxylic acid groups (broad SMARTS) is 1. The van der Waals surface area contributed by atoms with E-state index in [0.717, 1.165) is 43.9 Å². The summed E-state index contributed by atoms with van der Waals surface area (Å²) < 4.78 is 58.9. The number of carbonyl (C=O) groups excluding carboxylic acids is 1. The average molecular weight is 658 g/mol. The van der Waals surface area contributed by atoms with Crippen LogP contribution in [0, 0.1) is 17.5 Å². The Balaban J connectivity index is 1.08. The van der Waals surface area contributed by atoms with Crippen molar-refractivity contribution >= 4 is 22.9 Å². The number of pyridine rings is 2. The highest BCUT2D eigenvalue weighted by Crippen LogP contribution is 2.29. The van der Waals surface area contributed by atoms with E-state index in [2.05, 4.69) is 20.3 Å². The second-order valence-electron chi connectivity index (χ2n) is 11.9. The number of nitrogens with zero attached hydrogens (tertiary/aromatic N) is 4. The van der Waals surface area contributed by atoms with Crippen LogP contribution in [0.3, 0.4) is 0 Å². The van der Waals surface area contributed by atoms with Crippen LogP contribution in [-0.2, 0) is 24.3 Å². The molecule has 7 rings (SSSR count). The first-order chi connectivity index (χ1) is 23.2. The number of carbonyl (C=O) groups is 2. The number of ether oxygens (including phenoxy) is 2. The van der Waals surface area contributed by atoms with Crippen LogP contribution in [0.25, 0.3) is 22.3 Å². The van der Waals surface area contributed by atoms with Crippen molar-refractivity contribution < 1.29 is 37.3 Å². The highest BCUT2D eigenvalue weighted by atomic mass is 19.1. The quantitative estimate of drug-likeness (QED) is 0.181. The Bertz CT molecular complexity index is 2040. The summed E-state index contributed by atoms with van der Waals surface area (Å²) in [5.41, 5.74) is 1.33. The van der Waals surface area contributed by atoms with Gasteiger partial charge in [-0.25, -0.2) is 27.9 Å². The number of hydrogen-bond donors (Lipinski definition) is 2. The number of rotatable bonds is 11. The lowest BCUT2D eigenvalue weighted by Crippen LogP contribution is -2.39. The molecule has 1 saturated carbocycles. The highest BCUT2D eigenvalue weighted by molar-refractivity contribution is 5.93. The SMILES string of the molecule is O=C(O)c1ccc2nc(Cc3cc(F)c(-c4cccc(OCc5cnc(C(=O)NC6CCC6)cc5F)n4)cc3F)n(C[C@@H]3CCO3)c2c1. The zero-order valence-electron chi connectivity index (χ0n) is 25.6. The third kappa shape index (κ3) is 6.45. The fourth-order valence-electron chi connectivity index (χ4n) is 5.66. The molecule has 1 amide bonds. The molecule has 13 heteroatoms. The monoisotopic (exact) mass is 657 g/mol. The molecule has 48 heavy (non-hydrogen) atoms. The molecule has 5 aromatic rings. The van der Waals surface area contributed by atoms with Gasteiger partial charge in [0.2, 0.25) is 5.88 Å². The molecule has 0 radical (unpaired) electrons. The third-order valence-electron chi connectivity index (χ3n) is 8.72. The smallest absolute Gasteiger partial charge is 0.335 e. The molecule has 3 aromatic heterocycles. The molecule has 2 aromatic carbocycles. The van der Waals surface area contributed by atoms with Gasteiger partial charge in [0, 0.05) is 48.5 Å². The maximum atomic E-state index is 15.6. The minimum atomic E-state index is -1.08. The first kappa shape index (κ1) is 31.3. The summed E-state index contributed by atoms with van der Waals surface area (Å²) >= 11 is 0. The summed E-state index contributed by atoms with van der Waals surface area (Å²) in [4.78, 5) is 36.9. The number of benzene rings is 2. The Hall–Kier alpha value is -5.30. The van der Waals surface area contributed by atoms with Crippen LogP contribution in [0.15, 0.2) is 60.8 Å². The fraction of sp³-hybridized carbons (Fsp3) is 0.286. The summed E-state index contributed by atoms with van der Waals surface area (Å²) in [5, 5.41) is 12.3. The van der Waals surface area contributed by atoms with Crippen LogP contribution < -0.4 is 10.1 Å². The number of carboxylic acids is 1. The van der Waals surface area contributed by atoms with Crippen LogP contribution in [0.5, 0.6) is 5.88 Å². The Morgan fingerprint density at radius 3 is 2.50 bits per heavy atom. The third-order valence-corrected chi connectivity index (χ3v) is 8.72. The van der Waals surface area contributed by atoms with Gasteiger partial charge < -0.3 is 24.5 Å². The summed E-state index contributed by atoms with van der Waals surface area (Å²) in [6.45, 7) is 0.764. The Labute approximate surface area is 272 Å². The van der Waals surface area contributed by atoms with E-state index >= 15 is 8.78 Å². The Morgan fingerprint density at radius 1 is 0.979 bits per heavy atom. The van der Waals surface area contributed by atoms with Gasteiger partial charge in [0.1, 0.15) is 35.6 Å². The summed E-state index contributed by atoms with van der Waals surface area (Å²) in [6.07, 6.45) is 4.74. The summed E-state index contributed by atoms with van der Waals surface area (Å²) in [7, 11) is 0. The molecule has 1 aliphatic heterocycles. The topological polar surface area (TPSA) is 128 Å². The van der Waals surface area contributed by atoms with E-state index in [-0.39, 0.29) is 64.7 Å². The molecule has 1 saturated heterocycles. The molecule has 10 nitrogen and oxygen atoms in total. The summed E-state index contributed by atoms with van der Waals surface area (Å²) in [5.74, 6) is -3.09. The summed E-state index contributed by atoms with van der Waals surface area (Å²) in [6, 6.07) is 12.4. The van der Waals surface area contributed by atoms with Gasteiger partial charge in [0.15, 0.2) is 0 Å². The van der Waals surface area contributed by atoms with Crippen molar-refractivity contribution in [3.63, 3.8) is 0 Å². The Morgan fingerprint density at radius 2 is 1.79 bits per heavy atom. The fourth-order valence-corrected chi connectivity index (χ4v) is 5.66. The van der Waals surface area contributed by atoms with Crippen molar-refractivity contribution in [2.75, 3.05) is 6.61 Å². The van der Waals surface area contributed by atoms with Gasteiger partial charge >= 0.3 is 5.97 Å². The number of aromatic nitrogens is 4. The number of halogens is 3. The average Bonchev–Trinajstić information content (AvgIpc) is 3.37. The number of imidazole rings is 1. The predicted octanol–water partition coefficient (Wildman–Crippen LogP) is 5.85. The molecule has 246 valence electrons. The molecule has 2 fully saturated rings. The molecule has 0 spiro atoms. The van der Waals surface area contributed by atoms with E-state index in [1.54, 1.807) is 16.7 Å². The lowest BCUT2D eigenvalue weighted by atomic mass is 9.93. The molecular weight excluding hydrogens is 627 g/mol. The van der Waals surface area contributed by atoms with E-state index in [0.29, 0.717) is 30.0 Å². The first-order valence-electron chi connectivity index (χ1n) is 15.6. The van der Waals surface area contributed by atoms with Crippen LogP contribution in [0.2, 0.25) is 0 Å². The van der Waals surface area contributed by atoms with Crippen molar-refractivity contribution in [2.45, 2.75) is 57.4 Å². The molecule has 0 bridgehead atoms. The van der Waals surface area contributed by atoms with E-state index in [1.807, 2.05) is 0 Å². The van der Waals surface area contributed by atoms with Gasteiger partial charge in [0.25, 0.3) is 5.91 Å². The number of amides is 1. The van der Waals surface area contributed by atoms with Gasteiger partial charge in [-0.05, 0) is 67.6 Å². The number of hydrogen-bond acceptors (Lipinski definition) is 7. The molecule has 2 N–H and O–H groups in total. The van der Waals surface area contributed by atoms with Gasteiger partial charge in [-0.2, -0.15) is 0 Å². The zero-order chi connectivity index (χ0) is 33.4. The largest absolute Gasteiger partial charge is 0.478 e. The number of aromatic carboxylic acids is 1. The van der Waals surface area contributed by atoms with Gasteiger partial charge in [-0.15, -0.1) is 0 Å². The lowest BCUT2D eigenvalue weighted by Gasteiger charge is -2.27. The van der Waals surface area contributed by atoms with E-state index in [1.165, 1.54) is 30.5 Å². The zero-order valence-corrected chi connectivity index (χ0v) is 25.6. The minimum Gasteiger partial charge on any atom is -0.478 e. The normalized spacial score (nSPS) is 15.9. The van der Waals surface area contributed by atoms with Crippen LogP contribution in [0.1, 0.15) is 63.5 Å². The Kier molecular flexibility index (Phi) is 8.52. The lowest BCUT2D eigenvalue weighted by molar-refractivity contribution is -0.0589. The molecular formula is C35H30F3N5O5. The molecule has 0 unspecified atom stereocenters. The predicted molar refractivity (Wildman–Crippen MR) is 167 cm³/mol. The second kappa shape index (κ2) is 13.1. The van der Waals surface area contributed by atoms with Crippen LogP contribution in [-0.4, -0.2) is 55.3 Å². The van der Waals surface area contributed by atoms with Gasteiger partial charge in [0.05, 0.1) is 34.9 Å². The van der Waals surface area contributed by atoms with Crippen molar-refractivity contribution in [3.8, 4) is 17.1 Å². The van der Waals surface area contributed by atoms with Crippen molar-refractivity contribution in [3.05, 3.63) is 106 Å². The molecule has 2 aliphatic rings. The van der Waals surface area contributed by atoms with E-state index in [9.17, 15) is 19.1 Å².